The zero-order valence-corrected chi connectivity index (χ0v) is 16.0. The third-order valence-electron chi connectivity index (χ3n) is 6.18. The van der Waals surface area contributed by atoms with Crippen LogP contribution in [0.3, 0.4) is 0 Å². The van der Waals surface area contributed by atoms with E-state index in [0.717, 1.165) is 12.0 Å². The lowest BCUT2D eigenvalue weighted by Crippen LogP contribution is -2.44. The molecule has 2 saturated heterocycles. The van der Waals surface area contributed by atoms with Gasteiger partial charge in [0.25, 0.3) is 0 Å². The van der Waals surface area contributed by atoms with Crippen LogP contribution in [-0.4, -0.2) is 46.5 Å². The van der Waals surface area contributed by atoms with Gasteiger partial charge in [0.2, 0.25) is 11.8 Å². The molecule has 2 aromatic rings. The van der Waals surface area contributed by atoms with Gasteiger partial charge in [0.1, 0.15) is 5.60 Å². The van der Waals surface area contributed by atoms with Crippen molar-refractivity contribution in [3.8, 4) is 0 Å². The van der Waals surface area contributed by atoms with E-state index in [1.54, 1.807) is 12.4 Å². The van der Waals surface area contributed by atoms with Crippen LogP contribution in [-0.2, 0) is 27.3 Å². The van der Waals surface area contributed by atoms with Gasteiger partial charge in [0.15, 0.2) is 0 Å². The molecule has 6 nitrogen and oxygen atoms in total. The summed E-state index contributed by atoms with van der Waals surface area (Å²) in [6.07, 6.45) is 7.83. The molecular weight excluding hydrogens is 366 g/mol. The van der Waals surface area contributed by atoms with Gasteiger partial charge in [-0.15, -0.1) is 0 Å². The van der Waals surface area contributed by atoms with Crippen molar-refractivity contribution in [3.63, 3.8) is 0 Å². The lowest BCUT2D eigenvalue weighted by Gasteiger charge is -2.23. The maximum atomic E-state index is 13.2. The Labute approximate surface area is 169 Å². The number of carbonyl (C=O) groups excluding carboxylic acids is 2. The van der Waals surface area contributed by atoms with Gasteiger partial charge >= 0.3 is 0 Å². The number of benzene rings is 1. The molecule has 5 rings (SSSR count). The zero-order chi connectivity index (χ0) is 19.8. The smallest absolute Gasteiger partial charge is 0.230 e. The van der Waals surface area contributed by atoms with Crippen molar-refractivity contribution in [3.05, 3.63) is 78.1 Å². The highest BCUT2D eigenvalue weighted by atomic mass is 16.5. The van der Waals surface area contributed by atoms with Crippen molar-refractivity contribution in [2.45, 2.75) is 24.7 Å². The molecule has 1 aromatic carbocycles. The van der Waals surface area contributed by atoms with Gasteiger partial charge in [-0.2, -0.15) is 0 Å². The minimum absolute atomic E-state index is 0.0225. The maximum Gasteiger partial charge on any atom is 0.230 e. The van der Waals surface area contributed by atoms with Crippen molar-refractivity contribution in [1.82, 2.24) is 15.2 Å². The van der Waals surface area contributed by atoms with E-state index in [4.69, 9.17) is 4.74 Å². The van der Waals surface area contributed by atoms with E-state index >= 15 is 0 Å². The summed E-state index contributed by atoms with van der Waals surface area (Å²) >= 11 is 0. The first-order chi connectivity index (χ1) is 14.2. The SMILES string of the molecule is O=C(NCc1cccnc1)[C@H]1[C@H]2C=C[C@@]3(CN(CCc4ccccc4)C(=O)[C@@H]13)O2. The quantitative estimate of drug-likeness (QED) is 0.764. The monoisotopic (exact) mass is 389 g/mol. The molecule has 2 amide bonds. The van der Waals surface area contributed by atoms with E-state index in [2.05, 4.69) is 22.4 Å². The summed E-state index contributed by atoms with van der Waals surface area (Å²) in [5, 5.41) is 2.96. The van der Waals surface area contributed by atoms with Gasteiger partial charge in [-0.1, -0.05) is 48.6 Å². The number of rotatable bonds is 6. The van der Waals surface area contributed by atoms with Gasteiger partial charge in [-0.3, -0.25) is 14.6 Å². The third-order valence-corrected chi connectivity index (χ3v) is 6.18. The molecule has 0 aliphatic carbocycles. The second-order valence-electron chi connectivity index (χ2n) is 7.97. The number of aromatic nitrogens is 1. The lowest BCUT2D eigenvalue weighted by atomic mass is 9.77. The number of fused-ring (bicyclic) bond motifs is 1. The molecule has 148 valence electrons. The average molecular weight is 389 g/mol. The third kappa shape index (κ3) is 3.13. The van der Waals surface area contributed by atoms with Crippen LogP contribution in [0.2, 0.25) is 0 Å². The normalized spacial score (nSPS) is 29.3. The first-order valence-corrected chi connectivity index (χ1v) is 10.0. The van der Waals surface area contributed by atoms with Crippen LogP contribution in [0, 0.1) is 11.8 Å². The van der Waals surface area contributed by atoms with E-state index in [9.17, 15) is 9.59 Å². The Kier molecular flexibility index (Phi) is 4.43. The minimum Gasteiger partial charge on any atom is -0.360 e. The molecule has 1 spiro atoms. The van der Waals surface area contributed by atoms with Gasteiger partial charge in [-0.05, 0) is 23.6 Å². The van der Waals surface area contributed by atoms with Crippen molar-refractivity contribution in [2.75, 3.05) is 13.1 Å². The molecule has 0 unspecified atom stereocenters. The standard InChI is InChI=1S/C23H23N3O3/c27-21(25-14-17-7-4-11-24-13-17)19-18-8-10-23(29-18)15-26(22(28)20(19)23)12-9-16-5-2-1-3-6-16/h1-8,10-11,13,18-20H,9,12,14-15H2,(H,25,27)/t18-,19+,20-,23+/m1/s1. The zero-order valence-electron chi connectivity index (χ0n) is 16.0. The van der Waals surface area contributed by atoms with E-state index < -0.39 is 17.4 Å². The number of nitrogens with zero attached hydrogens (tertiary/aromatic N) is 2. The largest absolute Gasteiger partial charge is 0.360 e. The Morgan fingerprint density at radius 1 is 1.21 bits per heavy atom. The van der Waals surface area contributed by atoms with Crippen LogP contribution in [0.5, 0.6) is 0 Å². The minimum atomic E-state index is -0.658. The Morgan fingerprint density at radius 3 is 2.83 bits per heavy atom. The summed E-state index contributed by atoms with van der Waals surface area (Å²) in [5.41, 5.74) is 1.47. The highest BCUT2D eigenvalue weighted by Crippen LogP contribution is 2.51. The molecule has 0 saturated carbocycles. The number of hydrogen-bond acceptors (Lipinski definition) is 4. The van der Waals surface area contributed by atoms with Crippen molar-refractivity contribution in [1.29, 1.82) is 0 Å². The molecule has 1 N–H and O–H groups in total. The highest BCUT2D eigenvalue weighted by molar-refractivity contribution is 5.93. The van der Waals surface area contributed by atoms with E-state index in [1.807, 2.05) is 47.4 Å². The first-order valence-electron chi connectivity index (χ1n) is 10.0. The van der Waals surface area contributed by atoms with Crippen molar-refractivity contribution < 1.29 is 14.3 Å². The van der Waals surface area contributed by atoms with Crippen LogP contribution in [0.25, 0.3) is 0 Å². The number of carbonyl (C=O) groups is 2. The predicted molar refractivity (Wildman–Crippen MR) is 107 cm³/mol. The van der Waals surface area contributed by atoms with Crippen molar-refractivity contribution >= 4 is 11.8 Å². The molecule has 2 bridgehead atoms. The molecule has 2 fully saturated rings. The van der Waals surface area contributed by atoms with Crippen LogP contribution in [0.1, 0.15) is 11.1 Å². The second kappa shape index (κ2) is 7.12. The molecule has 1 aromatic heterocycles. The average Bonchev–Trinajstić information content (AvgIpc) is 3.40. The molecule has 29 heavy (non-hydrogen) atoms. The summed E-state index contributed by atoms with van der Waals surface area (Å²) < 4.78 is 6.18. The molecule has 3 aliphatic heterocycles. The summed E-state index contributed by atoms with van der Waals surface area (Å²) in [6.45, 7) is 1.54. The molecule has 6 heteroatoms. The fourth-order valence-corrected chi connectivity index (χ4v) is 4.79. The van der Waals surface area contributed by atoms with Crippen LogP contribution in [0.4, 0.5) is 0 Å². The molecule has 0 radical (unpaired) electrons. The van der Waals surface area contributed by atoms with Gasteiger partial charge in [0, 0.05) is 25.5 Å². The Morgan fingerprint density at radius 2 is 2.03 bits per heavy atom. The number of pyridine rings is 1. The summed E-state index contributed by atoms with van der Waals surface area (Å²) in [6, 6.07) is 13.9. The topological polar surface area (TPSA) is 71.5 Å². The van der Waals surface area contributed by atoms with Gasteiger partial charge < -0.3 is 15.0 Å². The summed E-state index contributed by atoms with van der Waals surface area (Å²) in [5.74, 6) is -1.03. The van der Waals surface area contributed by atoms with Crippen LogP contribution in [0.15, 0.2) is 67.0 Å². The fourth-order valence-electron chi connectivity index (χ4n) is 4.79. The molecule has 4 heterocycles. The second-order valence-corrected chi connectivity index (χ2v) is 7.97. The first kappa shape index (κ1) is 18.1. The molecule has 3 aliphatic rings. The number of ether oxygens (including phenoxy) is 1. The predicted octanol–water partition coefficient (Wildman–Crippen LogP) is 1.72. The molecule has 4 atom stereocenters. The Balaban J connectivity index is 1.28. The Hall–Kier alpha value is -2.99. The van der Waals surface area contributed by atoms with E-state index in [-0.39, 0.29) is 17.9 Å². The van der Waals surface area contributed by atoms with Crippen LogP contribution < -0.4 is 5.32 Å². The number of amides is 2. The van der Waals surface area contributed by atoms with Gasteiger partial charge in [0.05, 0.1) is 24.5 Å². The fraction of sp³-hybridized carbons (Fsp3) is 0.348. The summed E-state index contributed by atoms with van der Waals surface area (Å²) in [4.78, 5) is 32.1. The lowest BCUT2D eigenvalue weighted by molar-refractivity contribution is -0.137. The highest BCUT2D eigenvalue weighted by Gasteiger charge is 2.66. The van der Waals surface area contributed by atoms with E-state index in [1.165, 1.54) is 5.56 Å². The number of likely N-dealkylation sites (tertiary alicyclic amines) is 1. The van der Waals surface area contributed by atoms with Crippen LogP contribution >= 0.6 is 0 Å². The van der Waals surface area contributed by atoms with E-state index in [0.29, 0.717) is 19.6 Å². The number of nitrogens with one attached hydrogen (secondary N) is 1. The maximum absolute atomic E-state index is 13.2. The Bertz CT molecular complexity index is 946. The summed E-state index contributed by atoms with van der Waals surface area (Å²) in [7, 11) is 0. The molecular formula is C23H23N3O3. The van der Waals surface area contributed by atoms with Crippen molar-refractivity contribution in [2.24, 2.45) is 11.8 Å². The van der Waals surface area contributed by atoms with Gasteiger partial charge in [-0.25, -0.2) is 0 Å². The number of hydrogen-bond donors (Lipinski definition) is 1.